The van der Waals surface area contributed by atoms with Gasteiger partial charge in [0.25, 0.3) is 0 Å². The third-order valence-electron chi connectivity index (χ3n) is 3.81. The fourth-order valence-electron chi connectivity index (χ4n) is 2.83. The second kappa shape index (κ2) is 6.54. The average molecular weight is 298 g/mol. The maximum Gasteiger partial charge on any atom is 0.0607 e. The van der Waals surface area contributed by atoms with Gasteiger partial charge in [-0.25, -0.2) is 0 Å². The summed E-state index contributed by atoms with van der Waals surface area (Å²) in [6, 6.07) is 17.9. The Morgan fingerprint density at radius 3 is 2.71 bits per heavy atom. The molecule has 110 valence electrons. The van der Waals surface area contributed by atoms with E-state index in [1.54, 1.807) is 0 Å². The topological polar surface area (TPSA) is 15.3 Å². The van der Waals surface area contributed by atoms with Gasteiger partial charge in [-0.05, 0) is 36.9 Å². The summed E-state index contributed by atoms with van der Waals surface area (Å²) in [5.74, 6) is 2.26. The van der Waals surface area contributed by atoms with Gasteiger partial charge < -0.3 is 10.2 Å². The zero-order chi connectivity index (χ0) is 14.7. The van der Waals surface area contributed by atoms with Crippen LogP contribution in [0.5, 0.6) is 0 Å². The molecule has 0 bridgehead atoms. The molecule has 3 rings (SSSR count). The van der Waals surface area contributed by atoms with E-state index in [9.17, 15) is 0 Å². The van der Waals surface area contributed by atoms with Crippen molar-refractivity contribution in [2.75, 3.05) is 25.2 Å². The van der Waals surface area contributed by atoms with Crippen molar-refractivity contribution in [3.05, 3.63) is 65.2 Å². The standard InChI is InChI=1S/C18H22N2S/c1-20(2)11-14-7-4-6-10-17(14)19-18-13-21-12-15-8-3-5-9-16(15)18/h3-10,18-19H,11-13H2,1-2H3. The summed E-state index contributed by atoms with van der Waals surface area (Å²) < 4.78 is 0. The first-order chi connectivity index (χ1) is 10.2. The number of hydrogen-bond acceptors (Lipinski definition) is 3. The first kappa shape index (κ1) is 14.5. The molecule has 1 atom stereocenters. The van der Waals surface area contributed by atoms with Crippen molar-refractivity contribution in [3.8, 4) is 0 Å². The highest BCUT2D eigenvalue weighted by Gasteiger charge is 2.20. The molecular weight excluding hydrogens is 276 g/mol. The van der Waals surface area contributed by atoms with E-state index in [4.69, 9.17) is 0 Å². The molecule has 2 nitrogen and oxygen atoms in total. The summed E-state index contributed by atoms with van der Waals surface area (Å²) in [4.78, 5) is 2.21. The van der Waals surface area contributed by atoms with Crippen LogP contribution in [-0.4, -0.2) is 24.7 Å². The smallest absolute Gasteiger partial charge is 0.0607 e. The van der Waals surface area contributed by atoms with E-state index in [-0.39, 0.29) is 0 Å². The number of fused-ring (bicyclic) bond motifs is 1. The second-order valence-electron chi connectivity index (χ2n) is 5.81. The molecule has 21 heavy (non-hydrogen) atoms. The Kier molecular flexibility index (Phi) is 4.51. The SMILES string of the molecule is CN(C)Cc1ccccc1NC1CSCc2ccccc21. The van der Waals surface area contributed by atoms with Crippen LogP contribution < -0.4 is 5.32 Å². The first-order valence-electron chi connectivity index (χ1n) is 7.39. The fourth-order valence-corrected chi connectivity index (χ4v) is 3.93. The minimum Gasteiger partial charge on any atom is -0.377 e. The van der Waals surface area contributed by atoms with Crippen LogP contribution in [-0.2, 0) is 12.3 Å². The molecule has 0 fully saturated rings. The van der Waals surface area contributed by atoms with Crippen molar-refractivity contribution >= 4 is 17.4 Å². The minimum atomic E-state index is 0.406. The van der Waals surface area contributed by atoms with Crippen LogP contribution in [0, 0.1) is 0 Å². The molecule has 1 N–H and O–H groups in total. The summed E-state index contributed by atoms with van der Waals surface area (Å²) >= 11 is 2.01. The van der Waals surface area contributed by atoms with Crippen molar-refractivity contribution < 1.29 is 0 Å². The van der Waals surface area contributed by atoms with Crippen LogP contribution >= 0.6 is 11.8 Å². The summed E-state index contributed by atoms with van der Waals surface area (Å²) in [6.45, 7) is 0.963. The van der Waals surface area contributed by atoms with Gasteiger partial charge in [0, 0.05) is 23.7 Å². The molecule has 2 aromatic carbocycles. The molecule has 0 saturated heterocycles. The second-order valence-corrected chi connectivity index (χ2v) is 6.84. The van der Waals surface area contributed by atoms with E-state index >= 15 is 0 Å². The number of para-hydroxylation sites is 1. The number of thioether (sulfide) groups is 1. The molecule has 1 unspecified atom stereocenters. The van der Waals surface area contributed by atoms with Crippen LogP contribution in [0.15, 0.2) is 48.5 Å². The lowest BCUT2D eigenvalue weighted by Gasteiger charge is -2.28. The third kappa shape index (κ3) is 3.42. The van der Waals surface area contributed by atoms with Crippen molar-refractivity contribution in [1.29, 1.82) is 0 Å². The molecule has 1 aliphatic rings. The van der Waals surface area contributed by atoms with Crippen LogP contribution in [0.3, 0.4) is 0 Å². The summed E-state index contributed by atoms with van der Waals surface area (Å²) in [5.41, 5.74) is 5.54. The molecule has 1 heterocycles. The van der Waals surface area contributed by atoms with E-state index in [0.717, 1.165) is 18.1 Å². The summed E-state index contributed by atoms with van der Waals surface area (Å²) in [5, 5.41) is 3.76. The highest BCUT2D eigenvalue weighted by molar-refractivity contribution is 7.98. The van der Waals surface area contributed by atoms with Gasteiger partial charge in [-0.3, -0.25) is 0 Å². The number of anilines is 1. The number of hydrogen-bond donors (Lipinski definition) is 1. The lowest BCUT2D eigenvalue weighted by Crippen LogP contribution is -2.20. The summed E-state index contributed by atoms with van der Waals surface area (Å²) in [6.07, 6.45) is 0. The van der Waals surface area contributed by atoms with Crippen LogP contribution in [0.2, 0.25) is 0 Å². The fraction of sp³-hybridized carbons (Fsp3) is 0.333. The van der Waals surface area contributed by atoms with E-state index in [1.165, 1.54) is 22.4 Å². The molecule has 0 saturated carbocycles. The Bertz CT molecular complexity index is 610. The minimum absolute atomic E-state index is 0.406. The van der Waals surface area contributed by atoms with Crippen LogP contribution in [0.25, 0.3) is 0 Å². The molecule has 0 radical (unpaired) electrons. The monoisotopic (exact) mass is 298 g/mol. The molecule has 0 spiro atoms. The largest absolute Gasteiger partial charge is 0.377 e. The Labute approximate surface area is 131 Å². The van der Waals surface area contributed by atoms with Crippen LogP contribution in [0.4, 0.5) is 5.69 Å². The molecule has 0 amide bonds. The van der Waals surface area contributed by atoms with Gasteiger partial charge in [0.2, 0.25) is 0 Å². The maximum absolute atomic E-state index is 3.76. The molecule has 0 aliphatic carbocycles. The average Bonchev–Trinajstić information content (AvgIpc) is 2.49. The Balaban J connectivity index is 1.85. The predicted octanol–water partition coefficient (Wildman–Crippen LogP) is 4.15. The Hall–Kier alpha value is -1.45. The number of nitrogens with one attached hydrogen (secondary N) is 1. The zero-order valence-electron chi connectivity index (χ0n) is 12.7. The van der Waals surface area contributed by atoms with Crippen molar-refractivity contribution in [2.24, 2.45) is 0 Å². The van der Waals surface area contributed by atoms with Gasteiger partial charge in [0.15, 0.2) is 0 Å². The first-order valence-corrected chi connectivity index (χ1v) is 8.54. The molecule has 0 aromatic heterocycles. The van der Waals surface area contributed by atoms with E-state index < -0.39 is 0 Å². The van der Waals surface area contributed by atoms with Crippen molar-refractivity contribution in [1.82, 2.24) is 4.90 Å². The number of benzene rings is 2. The van der Waals surface area contributed by atoms with E-state index in [2.05, 4.69) is 72.8 Å². The molecule has 1 aliphatic heterocycles. The number of rotatable bonds is 4. The lowest BCUT2D eigenvalue weighted by atomic mass is 10.0. The van der Waals surface area contributed by atoms with Gasteiger partial charge in [-0.2, -0.15) is 11.8 Å². The molecule has 3 heteroatoms. The van der Waals surface area contributed by atoms with Crippen molar-refractivity contribution in [2.45, 2.75) is 18.3 Å². The lowest BCUT2D eigenvalue weighted by molar-refractivity contribution is 0.403. The molecular formula is C18H22N2S. The summed E-state index contributed by atoms with van der Waals surface area (Å²) in [7, 11) is 4.23. The van der Waals surface area contributed by atoms with Gasteiger partial charge in [-0.15, -0.1) is 0 Å². The van der Waals surface area contributed by atoms with Crippen molar-refractivity contribution in [3.63, 3.8) is 0 Å². The van der Waals surface area contributed by atoms with Gasteiger partial charge >= 0.3 is 0 Å². The third-order valence-corrected chi connectivity index (χ3v) is 4.89. The Morgan fingerprint density at radius 2 is 1.86 bits per heavy atom. The van der Waals surface area contributed by atoms with Crippen LogP contribution in [0.1, 0.15) is 22.7 Å². The Morgan fingerprint density at radius 1 is 1.10 bits per heavy atom. The molecule has 2 aromatic rings. The zero-order valence-corrected chi connectivity index (χ0v) is 13.5. The van der Waals surface area contributed by atoms with E-state index in [0.29, 0.717) is 6.04 Å². The van der Waals surface area contributed by atoms with Gasteiger partial charge in [0.05, 0.1) is 6.04 Å². The normalized spacial score (nSPS) is 17.6. The van der Waals surface area contributed by atoms with E-state index in [1.807, 2.05) is 11.8 Å². The van der Waals surface area contributed by atoms with Gasteiger partial charge in [0.1, 0.15) is 0 Å². The maximum atomic E-state index is 3.76. The highest BCUT2D eigenvalue weighted by atomic mass is 32.2. The predicted molar refractivity (Wildman–Crippen MR) is 92.8 cm³/mol. The number of nitrogens with zero attached hydrogens (tertiary/aromatic N) is 1. The van der Waals surface area contributed by atoms with Gasteiger partial charge in [-0.1, -0.05) is 42.5 Å². The highest BCUT2D eigenvalue weighted by Crippen LogP contribution is 2.34. The quantitative estimate of drug-likeness (QED) is 0.913.